The highest BCUT2D eigenvalue weighted by atomic mass is 35.5. The third-order valence-electron chi connectivity index (χ3n) is 7.71. The van der Waals surface area contributed by atoms with E-state index in [9.17, 15) is 32.3 Å². The number of carbonyl (C=O) groups excluding carboxylic acids is 3. The molecule has 13 heteroatoms. The summed E-state index contributed by atoms with van der Waals surface area (Å²) >= 11 is 8.06. The van der Waals surface area contributed by atoms with E-state index in [1.165, 1.54) is 10.6 Å². The molecule has 1 aromatic heterocycles. The van der Waals surface area contributed by atoms with E-state index in [1.54, 1.807) is 29.2 Å². The zero-order chi connectivity index (χ0) is 29.1. The SMILES string of the molecule is O=C(Cn1c2c(sc1=O)C(c1ccc(Cl)cc1)C1C(=O)N(c3cccc(C(F)(F)F)c3)C(=O)C1S2)N1CCCCC1. The number of carbonyl (C=O) groups is 3. The molecule has 0 N–H and O–H groups in total. The fourth-order valence-corrected chi connectivity index (χ4v) is 8.64. The van der Waals surface area contributed by atoms with Crippen molar-refractivity contribution in [1.29, 1.82) is 0 Å². The maximum atomic E-state index is 13.9. The van der Waals surface area contributed by atoms with Gasteiger partial charge in [-0.25, -0.2) is 4.90 Å². The highest BCUT2D eigenvalue weighted by Crippen LogP contribution is 2.54. The Morgan fingerprint density at radius 1 is 0.976 bits per heavy atom. The normalized spacial score (nSPS) is 22.6. The summed E-state index contributed by atoms with van der Waals surface area (Å²) in [5.74, 6) is -3.21. The maximum Gasteiger partial charge on any atom is 0.416 e. The van der Waals surface area contributed by atoms with Gasteiger partial charge < -0.3 is 4.90 Å². The molecule has 7 nitrogen and oxygen atoms in total. The molecule has 214 valence electrons. The number of amides is 3. The zero-order valence-corrected chi connectivity index (χ0v) is 23.8. The summed E-state index contributed by atoms with van der Waals surface area (Å²) in [6.45, 7) is 1.04. The molecule has 0 spiro atoms. The molecule has 2 fully saturated rings. The van der Waals surface area contributed by atoms with E-state index in [1.807, 2.05) is 0 Å². The number of imide groups is 1. The molecule has 0 aliphatic carbocycles. The van der Waals surface area contributed by atoms with Crippen LogP contribution in [-0.4, -0.2) is 45.5 Å². The molecule has 3 aliphatic rings. The number of alkyl halides is 3. The first-order chi connectivity index (χ1) is 19.5. The van der Waals surface area contributed by atoms with E-state index < -0.39 is 40.6 Å². The summed E-state index contributed by atoms with van der Waals surface area (Å²) in [6.07, 6.45) is -1.84. The van der Waals surface area contributed by atoms with Gasteiger partial charge >= 0.3 is 11.0 Å². The van der Waals surface area contributed by atoms with Crippen molar-refractivity contribution < 1.29 is 27.6 Å². The topological polar surface area (TPSA) is 79.7 Å². The van der Waals surface area contributed by atoms with E-state index in [0.717, 1.165) is 65.5 Å². The molecule has 0 radical (unpaired) electrons. The lowest BCUT2D eigenvalue weighted by molar-refractivity contribution is -0.137. The van der Waals surface area contributed by atoms with Crippen molar-refractivity contribution >= 4 is 58.1 Å². The molecule has 3 aliphatic heterocycles. The summed E-state index contributed by atoms with van der Waals surface area (Å²) in [6, 6.07) is 10.8. The van der Waals surface area contributed by atoms with Crippen molar-refractivity contribution in [2.24, 2.45) is 5.92 Å². The fraction of sp³-hybridized carbons (Fsp3) is 0.357. The number of piperidine rings is 1. The summed E-state index contributed by atoms with van der Waals surface area (Å²) in [5, 5.41) is -0.123. The van der Waals surface area contributed by atoms with Crippen LogP contribution < -0.4 is 9.77 Å². The summed E-state index contributed by atoms with van der Waals surface area (Å²) in [4.78, 5) is 56.7. The van der Waals surface area contributed by atoms with Crippen molar-refractivity contribution in [2.75, 3.05) is 18.0 Å². The second-order valence-electron chi connectivity index (χ2n) is 10.2. The van der Waals surface area contributed by atoms with Crippen molar-refractivity contribution in [1.82, 2.24) is 9.47 Å². The van der Waals surface area contributed by atoms with Crippen molar-refractivity contribution in [3.63, 3.8) is 0 Å². The molecular formula is C28H23ClF3N3O4S2. The van der Waals surface area contributed by atoms with Crippen LogP contribution in [0.25, 0.3) is 0 Å². The number of halogens is 4. The van der Waals surface area contributed by atoms with E-state index in [0.29, 0.717) is 33.6 Å². The molecule has 41 heavy (non-hydrogen) atoms. The largest absolute Gasteiger partial charge is 0.416 e. The molecule has 0 saturated carbocycles. The Bertz CT molecular complexity index is 1600. The first kappa shape index (κ1) is 28.0. The second-order valence-corrected chi connectivity index (χ2v) is 12.8. The molecule has 3 atom stereocenters. The number of hydrogen-bond acceptors (Lipinski definition) is 6. The Balaban J connectivity index is 1.43. The first-order valence-electron chi connectivity index (χ1n) is 13.0. The van der Waals surface area contributed by atoms with Crippen molar-refractivity contribution in [2.45, 2.75) is 48.2 Å². The van der Waals surface area contributed by atoms with Crippen LogP contribution in [0.2, 0.25) is 5.02 Å². The number of rotatable bonds is 4. The van der Waals surface area contributed by atoms with Gasteiger partial charge in [0, 0.05) is 28.9 Å². The highest BCUT2D eigenvalue weighted by Gasteiger charge is 2.57. The molecule has 2 saturated heterocycles. The lowest BCUT2D eigenvalue weighted by Crippen LogP contribution is -2.39. The van der Waals surface area contributed by atoms with E-state index in [2.05, 4.69) is 0 Å². The molecule has 4 heterocycles. The minimum atomic E-state index is -4.66. The van der Waals surface area contributed by atoms with Gasteiger partial charge in [-0.3, -0.25) is 23.7 Å². The van der Waals surface area contributed by atoms with Crippen LogP contribution in [-0.2, 0) is 27.1 Å². The molecule has 3 aromatic rings. The molecular weight excluding hydrogens is 599 g/mol. The Kier molecular flexibility index (Phi) is 7.27. The van der Waals surface area contributed by atoms with Crippen molar-refractivity contribution in [3.8, 4) is 0 Å². The van der Waals surface area contributed by atoms with Gasteiger partial charge in [0.25, 0.3) is 0 Å². The first-order valence-corrected chi connectivity index (χ1v) is 15.1. The van der Waals surface area contributed by atoms with Crippen LogP contribution in [0.15, 0.2) is 58.4 Å². The van der Waals surface area contributed by atoms with Gasteiger partial charge in [-0.2, -0.15) is 13.2 Å². The lowest BCUT2D eigenvalue weighted by atomic mass is 9.83. The predicted octanol–water partition coefficient (Wildman–Crippen LogP) is 5.39. The number of fused-ring (bicyclic) bond motifs is 2. The monoisotopic (exact) mass is 621 g/mol. The molecule has 3 amide bonds. The van der Waals surface area contributed by atoms with Crippen LogP contribution >= 0.6 is 34.7 Å². The maximum absolute atomic E-state index is 13.9. The zero-order valence-electron chi connectivity index (χ0n) is 21.4. The van der Waals surface area contributed by atoms with Crippen LogP contribution in [0.1, 0.15) is 41.2 Å². The summed E-state index contributed by atoms with van der Waals surface area (Å²) in [7, 11) is 0. The number of benzene rings is 2. The second kappa shape index (κ2) is 10.6. The predicted molar refractivity (Wildman–Crippen MR) is 149 cm³/mol. The molecule has 2 aromatic carbocycles. The van der Waals surface area contributed by atoms with Gasteiger partial charge in [0.2, 0.25) is 17.7 Å². The minimum absolute atomic E-state index is 0.166. The number of nitrogens with zero attached hydrogens (tertiary/aromatic N) is 3. The minimum Gasteiger partial charge on any atom is -0.341 e. The Morgan fingerprint density at radius 2 is 1.68 bits per heavy atom. The van der Waals surface area contributed by atoms with Gasteiger partial charge in [-0.15, -0.1) is 0 Å². The van der Waals surface area contributed by atoms with Gasteiger partial charge in [0.1, 0.15) is 11.8 Å². The average Bonchev–Trinajstić information content (AvgIpc) is 3.39. The smallest absolute Gasteiger partial charge is 0.341 e. The lowest BCUT2D eigenvalue weighted by Gasteiger charge is -2.31. The Morgan fingerprint density at radius 3 is 2.37 bits per heavy atom. The standard InChI is InChI=1S/C28H23ClF3N3O4S2/c29-17-9-7-15(8-10-17)20-21-22(25(38)35(24(21)37)18-6-4-5-16(13-18)28(30,31)32)40-26-23(20)41-27(39)34(26)14-19(36)33-11-2-1-3-12-33/h4-10,13,20-22H,1-3,11-12,14H2. The Labute approximate surface area is 245 Å². The van der Waals surface area contributed by atoms with Crippen LogP contribution in [0.5, 0.6) is 0 Å². The van der Waals surface area contributed by atoms with Crippen LogP contribution in [0.3, 0.4) is 0 Å². The number of hydrogen-bond donors (Lipinski definition) is 0. The third-order valence-corrected chi connectivity index (χ3v) is 10.6. The fourth-order valence-electron chi connectivity index (χ4n) is 5.74. The number of anilines is 1. The van der Waals surface area contributed by atoms with E-state index in [4.69, 9.17) is 11.6 Å². The number of aromatic nitrogens is 1. The van der Waals surface area contributed by atoms with Crippen LogP contribution in [0, 0.1) is 5.92 Å². The van der Waals surface area contributed by atoms with E-state index in [-0.39, 0.29) is 23.0 Å². The average molecular weight is 622 g/mol. The summed E-state index contributed by atoms with van der Waals surface area (Å²) < 4.78 is 41.7. The number of thiazole rings is 1. The number of likely N-dealkylation sites (tertiary alicyclic amines) is 1. The number of thioether (sulfide) groups is 1. The Hall–Kier alpha value is -3.09. The highest BCUT2D eigenvalue weighted by molar-refractivity contribution is 8.00. The van der Waals surface area contributed by atoms with Crippen LogP contribution in [0.4, 0.5) is 18.9 Å². The third kappa shape index (κ3) is 4.99. The van der Waals surface area contributed by atoms with Gasteiger partial charge in [0.15, 0.2) is 0 Å². The van der Waals surface area contributed by atoms with Gasteiger partial charge in [-0.1, -0.05) is 52.9 Å². The quantitative estimate of drug-likeness (QED) is 0.365. The summed E-state index contributed by atoms with van der Waals surface area (Å²) in [5.41, 5.74) is -0.508. The van der Waals surface area contributed by atoms with Crippen molar-refractivity contribution in [3.05, 3.63) is 79.2 Å². The molecule has 0 bridgehead atoms. The molecule has 3 unspecified atom stereocenters. The molecule has 6 rings (SSSR count). The van der Waals surface area contributed by atoms with Gasteiger partial charge in [0.05, 0.1) is 22.2 Å². The van der Waals surface area contributed by atoms with E-state index >= 15 is 0 Å². The van der Waals surface area contributed by atoms with Gasteiger partial charge in [-0.05, 0) is 55.2 Å².